The van der Waals surface area contributed by atoms with Crippen molar-refractivity contribution >= 4 is 29.3 Å². The number of carbonyl (C=O) groups excluding carboxylic acids is 3. The van der Waals surface area contributed by atoms with E-state index in [2.05, 4.69) is 0 Å². The van der Waals surface area contributed by atoms with Gasteiger partial charge in [-0.05, 0) is 31.4 Å². The number of carbonyl (C=O) groups is 3. The molecule has 9 nitrogen and oxygen atoms in total. The highest BCUT2D eigenvalue weighted by Gasteiger charge is 2.63. The van der Waals surface area contributed by atoms with Gasteiger partial charge in [0.25, 0.3) is 5.56 Å². The number of barbiturate groups is 1. The summed E-state index contributed by atoms with van der Waals surface area (Å²) in [5.41, 5.74) is 0.0423. The minimum atomic E-state index is -1.51. The van der Waals surface area contributed by atoms with Crippen molar-refractivity contribution in [1.82, 2.24) is 19.2 Å². The highest BCUT2D eigenvalue weighted by molar-refractivity contribution is 6.20. The zero-order valence-electron chi connectivity index (χ0n) is 17.9. The topological polar surface area (TPSA) is 95.3 Å². The minimum Gasteiger partial charge on any atom is -0.352 e. The van der Waals surface area contributed by atoms with E-state index in [0.29, 0.717) is 30.0 Å². The first-order valence-corrected chi connectivity index (χ1v) is 10.7. The van der Waals surface area contributed by atoms with Crippen LogP contribution in [0.3, 0.4) is 0 Å². The average molecular weight is 423 g/mol. The molecule has 0 unspecified atom stereocenters. The number of amides is 4. The minimum absolute atomic E-state index is 0.0498. The van der Waals surface area contributed by atoms with Gasteiger partial charge >= 0.3 is 6.03 Å². The highest BCUT2D eigenvalue weighted by atomic mass is 16.2. The van der Waals surface area contributed by atoms with Gasteiger partial charge in [0.1, 0.15) is 11.5 Å². The first-order chi connectivity index (χ1) is 14.8. The maximum Gasteiger partial charge on any atom is 0.332 e. The molecule has 2 aromatic heterocycles. The second-order valence-electron chi connectivity index (χ2n) is 8.82. The highest BCUT2D eigenvalue weighted by Crippen LogP contribution is 2.46. The Kier molecular flexibility index (Phi) is 4.22. The average Bonchev–Trinajstić information content (AvgIpc) is 3.03. The molecule has 0 N–H and O–H groups in total. The Morgan fingerprint density at radius 2 is 1.74 bits per heavy atom. The quantitative estimate of drug-likeness (QED) is 0.594. The monoisotopic (exact) mass is 423 g/mol. The predicted molar refractivity (Wildman–Crippen MR) is 113 cm³/mol. The number of pyridine rings is 1. The van der Waals surface area contributed by atoms with Gasteiger partial charge in [-0.1, -0.05) is 18.9 Å². The summed E-state index contributed by atoms with van der Waals surface area (Å²) in [6.45, 7) is 2.51. The Bertz CT molecular complexity index is 1180. The lowest BCUT2D eigenvalue weighted by molar-refractivity contribution is -0.159. The smallest absolute Gasteiger partial charge is 0.332 e. The van der Waals surface area contributed by atoms with Crippen LogP contribution in [0.5, 0.6) is 0 Å². The molecule has 2 saturated heterocycles. The molecule has 3 aliphatic rings. The van der Waals surface area contributed by atoms with E-state index < -0.39 is 29.3 Å². The van der Waals surface area contributed by atoms with Gasteiger partial charge in [-0.2, -0.15) is 0 Å². The van der Waals surface area contributed by atoms with E-state index in [1.807, 2.05) is 17.9 Å². The number of rotatable bonds is 0. The lowest BCUT2D eigenvalue weighted by Gasteiger charge is -2.51. The van der Waals surface area contributed by atoms with Crippen LogP contribution >= 0.6 is 0 Å². The maximum absolute atomic E-state index is 13.6. The molecule has 162 valence electrons. The van der Waals surface area contributed by atoms with Crippen LogP contribution in [-0.4, -0.2) is 63.7 Å². The number of hydrogen-bond donors (Lipinski definition) is 0. The van der Waals surface area contributed by atoms with Gasteiger partial charge in [-0.15, -0.1) is 0 Å². The summed E-state index contributed by atoms with van der Waals surface area (Å²) in [6, 6.07) is 2.60. The number of aryl methyl sites for hydroxylation is 1. The first-order valence-electron chi connectivity index (χ1n) is 10.7. The van der Waals surface area contributed by atoms with Crippen LogP contribution in [0, 0.1) is 12.3 Å². The molecule has 3 aliphatic heterocycles. The van der Waals surface area contributed by atoms with Gasteiger partial charge in [0.15, 0.2) is 5.41 Å². The SMILES string of the molecule is Cc1cccn2c(=O)c3c(nc12)N1CCCCC[C@@H]1C1(C3)C(=O)N(C)C(=O)N(C)C1=O. The third-order valence-corrected chi connectivity index (χ3v) is 7.12. The zero-order chi connectivity index (χ0) is 22.1. The normalized spacial score (nSPS) is 23.3. The summed E-state index contributed by atoms with van der Waals surface area (Å²) in [7, 11) is 2.81. The van der Waals surface area contributed by atoms with Gasteiger partial charge in [0.2, 0.25) is 11.8 Å². The standard InChI is InChI=1S/C22H25N5O4/c1-13-8-7-11-27-16(13)23-17-14(18(27)28)12-22(15-9-5-4-6-10-26(15)17)19(29)24(2)21(31)25(3)20(22)30/h7-8,11,15H,4-6,9-10,12H2,1-3H3/t15-/m1/s1. The second-order valence-corrected chi connectivity index (χ2v) is 8.82. The number of fused-ring (bicyclic) bond motifs is 5. The Balaban J connectivity index is 1.82. The van der Waals surface area contributed by atoms with Crippen molar-refractivity contribution in [3.05, 3.63) is 39.8 Å². The van der Waals surface area contributed by atoms with Crippen LogP contribution in [0.4, 0.5) is 10.6 Å². The van der Waals surface area contributed by atoms with Gasteiger partial charge in [0, 0.05) is 33.3 Å². The number of urea groups is 1. The molecule has 0 saturated carbocycles. The molecule has 0 radical (unpaired) electrons. The van der Waals surface area contributed by atoms with Gasteiger partial charge in [0.05, 0.1) is 11.6 Å². The van der Waals surface area contributed by atoms with E-state index >= 15 is 0 Å². The summed E-state index contributed by atoms with van der Waals surface area (Å²) >= 11 is 0. The Morgan fingerprint density at radius 3 is 2.45 bits per heavy atom. The number of nitrogens with zero attached hydrogens (tertiary/aromatic N) is 5. The fourth-order valence-electron chi connectivity index (χ4n) is 5.51. The first kappa shape index (κ1) is 19.7. The molecule has 0 bridgehead atoms. The predicted octanol–water partition coefficient (Wildman–Crippen LogP) is 1.34. The van der Waals surface area contributed by atoms with Crippen LogP contribution in [0.1, 0.15) is 36.8 Å². The summed E-state index contributed by atoms with van der Waals surface area (Å²) in [4.78, 5) is 62.0. The van der Waals surface area contributed by atoms with Crippen molar-refractivity contribution in [2.24, 2.45) is 5.41 Å². The zero-order valence-corrected chi connectivity index (χ0v) is 17.9. The number of hydrogen-bond acceptors (Lipinski definition) is 6. The van der Waals surface area contributed by atoms with E-state index in [9.17, 15) is 19.2 Å². The fraction of sp³-hybridized carbons (Fsp3) is 0.500. The lowest BCUT2D eigenvalue weighted by Crippen LogP contribution is -2.71. The molecular formula is C22H25N5O4. The summed E-state index contributed by atoms with van der Waals surface area (Å²) in [5.74, 6) is -0.492. The number of aromatic nitrogens is 2. The van der Waals surface area contributed by atoms with Crippen molar-refractivity contribution in [3.63, 3.8) is 0 Å². The van der Waals surface area contributed by atoms with E-state index in [4.69, 9.17) is 4.98 Å². The third-order valence-electron chi connectivity index (χ3n) is 7.12. The van der Waals surface area contributed by atoms with Gasteiger partial charge in [-0.25, -0.2) is 9.78 Å². The van der Waals surface area contributed by atoms with Crippen LogP contribution in [0.15, 0.2) is 23.1 Å². The Labute approximate surface area is 179 Å². The number of imide groups is 2. The van der Waals surface area contributed by atoms with Crippen LogP contribution in [-0.2, 0) is 16.0 Å². The molecule has 4 amide bonds. The van der Waals surface area contributed by atoms with Gasteiger partial charge in [-0.3, -0.25) is 28.6 Å². The second kappa shape index (κ2) is 6.63. The largest absolute Gasteiger partial charge is 0.352 e. The maximum atomic E-state index is 13.6. The fourth-order valence-corrected chi connectivity index (χ4v) is 5.51. The summed E-state index contributed by atoms with van der Waals surface area (Å²) < 4.78 is 1.48. The molecule has 1 spiro atoms. The Morgan fingerprint density at radius 1 is 1.03 bits per heavy atom. The van der Waals surface area contributed by atoms with Crippen LogP contribution in [0.25, 0.3) is 5.65 Å². The van der Waals surface area contributed by atoms with Crippen molar-refractivity contribution < 1.29 is 14.4 Å². The Hall–Kier alpha value is -3.23. The molecular weight excluding hydrogens is 398 g/mol. The van der Waals surface area contributed by atoms with Crippen molar-refractivity contribution in [2.45, 2.75) is 45.1 Å². The molecule has 0 aliphatic carbocycles. The van der Waals surface area contributed by atoms with E-state index in [-0.39, 0.29) is 12.0 Å². The van der Waals surface area contributed by atoms with Crippen LogP contribution in [0.2, 0.25) is 0 Å². The van der Waals surface area contributed by atoms with E-state index in [1.165, 1.54) is 18.5 Å². The summed E-state index contributed by atoms with van der Waals surface area (Å²) in [5, 5.41) is 0. The van der Waals surface area contributed by atoms with Crippen molar-refractivity contribution in [1.29, 1.82) is 0 Å². The van der Waals surface area contributed by atoms with E-state index in [0.717, 1.165) is 34.6 Å². The molecule has 2 aromatic rings. The molecule has 2 fully saturated rings. The van der Waals surface area contributed by atoms with Crippen LogP contribution < -0.4 is 10.5 Å². The molecule has 0 aromatic carbocycles. The van der Waals surface area contributed by atoms with E-state index in [1.54, 1.807) is 12.3 Å². The molecule has 5 heterocycles. The molecule has 1 atom stereocenters. The molecule has 9 heteroatoms. The third kappa shape index (κ3) is 2.46. The lowest BCUT2D eigenvalue weighted by atomic mass is 9.67. The molecule has 31 heavy (non-hydrogen) atoms. The molecule has 5 rings (SSSR count). The van der Waals surface area contributed by atoms with Crippen molar-refractivity contribution in [2.75, 3.05) is 25.5 Å². The summed E-state index contributed by atoms with van der Waals surface area (Å²) in [6.07, 6.45) is 4.95. The number of anilines is 1. The van der Waals surface area contributed by atoms with Gasteiger partial charge < -0.3 is 4.90 Å². The van der Waals surface area contributed by atoms with Crippen molar-refractivity contribution in [3.8, 4) is 0 Å².